The third kappa shape index (κ3) is 1.80. The van der Waals surface area contributed by atoms with E-state index >= 15 is 0 Å². The Morgan fingerprint density at radius 2 is 1.65 bits per heavy atom. The second-order valence-corrected chi connectivity index (χ2v) is 6.25. The zero-order valence-corrected chi connectivity index (χ0v) is 12.6. The zero-order chi connectivity index (χ0) is 15.4. The van der Waals surface area contributed by atoms with E-state index in [2.05, 4.69) is 41.0 Å². The molecule has 1 atom stereocenters. The molecule has 0 spiro atoms. The van der Waals surface area contributed by atoms with Crippen molar-refractivity contribution in [2.45, 2.75) is 19.0 Å². The second kappa shape index (κ2) is 4.59. The molecular weight excluding hydrogens is 284 g/mol. The van der Waals surface area contributed by atoms with Gasteiger partial charge in [-0.3, -0.25) is 4.79 Å². The molecule has 2 aliphatic rings. The van der Waals surface area contributed by atoms with E-state index in [0.29, 0.717) is 5.56 Å². The van der Waals surface area contributed by atoms with Crippen LogP contribution in [-0.2, 0) is 12.8 Å². The minimum atomic E-state index is -0.192. The Balaban J connectivity index is 1.67. The van der Waals surface area contributed by atoms with Crippen molar-refractivity contribution in [2.75, 3.05) is 5.32 Å². The Bertz CT molecular complexity index is 951. The fourth-order valence-corrected chi connectivity index (χ4v) is 3.88. The maximum atomic E-state index is 12.4. The Kier molecular flexibility index (Phi) is 2.54. The van der Waals surface area contributed by atoms with Gasteiger partial charge in [0.1, 0.15) is 6.17 Å². The summed E-state index contributed by atoms with van der Waals surface area (Å²) >= 11 is 0. The van der Waals surface area contributed by atoms with Crippen molar-refractivity contribution in [1.29, 1.82) is 0 Å². The maximum Gasteiger partial charge on any atom is 0.255 e. The molecule has 1 amide bonds. The second-order valence-electron chi connectivity index (χ2n) is 6.25. The number of aryl methyl sites for hydroxylation is 2. The van der Waals surface area contributed by atoms with E-state index < -0.39 is 0 Å². The summed E-state index contributed by atoms with van der Waals surface area (Å²) in [6.45, 7) is 0. The van der Waals surface area contributed by atoms with Crippen LogP contribution >= 0.6 is 0 Å². The Morgan fingerprint density at radius 3 is 2.57 bits per heavy atom. The van der Waals surface area contributed by atoms with E-state index in [-0.39, 0.29) is 12.1 Å². The molecule has 3 aromatic carbocycles. The first-order valence-corrected chi connectivity index (χ1v) is 8.01. The number of anilines is 1. The van der Waals surface area contributed by atoms with E-state index in [1.54, 1.807) is 0 Å². The number of hydrogen-bond acceptors (Lipinski definition) is 2. The molecule has 1 heterocycles. The normalized spacial score (nSPS) is 18.4. The largest absolute Gasteiger partial charge is 0.361 e. The summed E-state index contributed by atoms with van der Waals surface area (Å²) in [5.41, 5.74) is 5.57. The van der Waals surface area contributed by atoms with Crippen molar-refractivity contribution in [3.05, 3.63) is 76.9 Å². The molecular formula is C20H16N2O. The summed E-state index contributed by atoms with van der Waals surface area (Å²) < 4.78 is 0. The smallest absolute Gasteiger partial charge is 0.255 e. The highest BCUT2D eigenvalue weighted by Gasteiger charge is 2.26. The van der Waals surface area contributed by atoms with Crippen LogP contribution in [0, 0.1) is 0 Å². The summed E-state index contributed by atoms with van der Waals surface area (Å²) in [7, 11) is 0. The van der Waals surface area contributed by atoms with E-state index in [0.717, 1.165) is 24.1 Å². The number of carbonyl (C=O) groups is 1. The monoisotopic (exact) mass is 300 g/mol. The van der Waals surface area contributed by atoms with Gasteiger partial charge in [0.15, 0.2) is 0 Å². The molecule has 0 aromatic heterocycles. The van der Waals surface area contributed by atoms with E-state index in [9.17, 15) is 4.79 Å². The minimum absolute atomic E-state index is 0.0207. The van der Waals surface area contributed by atoms with Crippen LogP contribution in [0.25, 0.3) is 10.8 Å². The van der Waals surface area contributed by atoms with Crippen molar-refractivity contribution >= 4 is 22.4 Å². The number of para-hydroxylation sites is 1. The van der Waals surface area contributed by atoms with Crippen molar-refractivity contribution in [3.8, 4) is 0 Å². The minimum Gasteiger partial charge on any atom is -0.361 e. The van der Waals surface area contributed by atoms with Gasteiger partial charge in [0, 0.05) is 11.3 Å². The SMILES string of the molecule is O=C1N[C@@H](c2ccc3c4c(cccc24)CC3)Nc2ccccc21. The Morgan fingerprint density at radius 1 is 0.826 bits per heavy atom. The number of rotatable bonds is 1. The molecule has 3 heteroatoms. The third-order valence-electron chi connectivity index (χ3n) is 4.97. The first kappa shape index (κ1) is 12.7. The summed E-state index contributed by atoms with van der Waals surface area (Å²) in [5, 5.41) is 9.17. The molecule has 0 radical (unpaired) electrons. The van der Waals surface area contributed by atoms with E-state index in [4.69, 9.17) is 0 Å². The first-order valence-electron chi connectivity index (χ1n) is 8.01. The van der Waals surface area contributed by atoms with E-state index in [1.165, 1.54) is 21.9 Å². The Hall–Kier alpha value is -2.81. The predicted molar refractivity (Wildman–Crippen MR) is 91.6 cm³/mol. The van der Waals surface area contributed by atoms with Crippen LogP contribution in [0.5, 0.6) is 0 Å². The molecule has 3 aromatic rings. The number of fused-ring (bicyclic) bond motifs is 1. The number of carbonyl (C=O) groups excluding carboxylic acids is 1. The van der Waals surface area contributed by atoms with Gasteiger partial charge in [0.05, 0.1) is 5.56 Å². The van der Waals surface area contributed by atoms with E-state index in [1.807, 2.05) is 24.3 Å². The summed E-state index contributed by atoms with van der Waals surface area (Å²) in [6, 6.07) is 18.5. The lowest BCUT2D eigenvalue weighted by molar-refractivity contribution is 0.0936. The summed E-state index contributed by atoms with van der Waals surface area (Å²) in [5.74, 6) is -0.0207. The molecule has 23 heavy (non-hydrogen) atoms. The lowest BCUT2D eigenvalue weighted by atomic mass is 9.97. The number of nitrogens with one attached hydrogen (secondary N) is 2. The quantitative estimate of drug-likeness (QED) is 0.718. The average Bonchev–Trinajstić information content (AvgIpc) is 3.00. The molecule has 1 aliphatic carbocycles. The van der Waals surface area contributed by atoms with Gasteiger partial charge in [-0.25, -0.2) is 0 Å². The van der Waals surface area contributed by atoms with Gasteiger partial charge in [0.2, 0.25) is 0 Å². The number of benzene rings is 3. The first-order chi connectivity index (χ1) is 11.3. The van der Waals surface area contributed by atoms with Gasteiger partial charge in [-0.2, -0.15) is 0 Å². The van der Waals surface area contributed by atoms with Crippen molar-refractivity contribution in [2.24, 2.45) is 0 Å². The molecule has 0 saturated carbocycles. The van der Waals surface area contributed by atoms with Crippen molar-refractivity contribution in [3.63, 3.8) is 0 Å². The van der Waals surface area contributed by atoms with Gasteiger partial charge in [-0.1, -0.05) is 42.5 Å². The molecule has 112 valence electrons. The van der Waals surface area contributed by atoms with Crippen LogP contribution in [0.3, 0.4) is 0 Å². The highest BCUT2D eigenvalue weighted by Crippen LogP contribution is 2.36. The van der Waals surface area contributed by atoms with Crippen molar-refractivity contribution < 1.29 is 4.79 Å². The van der Waals surface area contributed by atoms with Crippen LogP contribution in [0.4, 0.5) is 5.69 Å². The molecule has 5 rings (SSSR count). The lowest BCUT2D eigenvalue weighted by Crippen LogP contribution is -2.38. The van der Waals surface area contributed by atoms with Crippen LogP contribution in [0.1, 0.15) is 33.2 Å². The fraction of sp³-hybridized carbons (Fsp3) is 0.150. The number of hydrogen-bond donors (Lipinski definition) is 2. The average molecular weight is 300 g/mol. The van der Waals surface area contributed by atoms with Gasteiger partial charge in [-0.15, -0.1) is 0 Å². The zero-order valence-electron chi connectivity index (χ0n) is 12.6. The predicted octanol–water partition coefficient (Wildman–Crippen LogP) is 3.79. The van der Waals surface area contributed by atoms with Gasteiger partial charge in [0.25, 0.3) is 5.91 Å². The standard InChI is InChI=1S/C20H16N2O/c23-20-16-5-1-2-7-17(16)21-19(22-20)15-11-10-13-9-8-12-4-3-6-14(15)18(12)13/h1-7,10-11,19,21H,8-9H2,(H,22,23)/t19-/m0/s1. The summed E-state index contributed by atoms with van der Waals surface area (Å²) in [4.78, 5) is 12.4. The van der Waals surface area contributed by atoms with Crippen LogP contribution in [-0.4, -0.2) is 5.91 Å². The molecule has 1 aliphatic heterocycles. The molecule has 3 nitrogen and oxygen atoms in total. The van der Waals surface area contributed by atoms with Crippen LogP contribution in [0.15, 0.2) is 54.6 Å². The molecule has 2 N–H and O–H groups in total. The van der Waals surface area contributed by atoms with Gasteiger partial charge in [-0.05, 0) is 46.9 Å². The molecule has 0 unspecified atom stereocenters. The van der Waals surface area contributed by atoms with Crippen LogP contribution < -0.4 is 10.6 Å². The Labute approximate surface area is 134 Å². The lowest BCUT2D eigenvalue weighted by Gasteiger charge is -2.29. The fourth-order valence-electron chi connectivity index (χ4n) is 3.88. The molecule has 0 saturated heterocycles. The highest BCUT2D eigenvalue weighted by molar-refractivity contribution is 6.02. The topological polar surface area (TPSA) is 41.1 Å². The molecule has 0 bridgehead atoms. The van der Waals surface area contributed by atoms with Gasteiger partial charge < -0.3 is 10.6 Å². The third-order valence-corrected chi connectivity index (χ3v) is 4.97. The summed E-state index contributed by atoms with van der Waals surface area (Å²) in [6.07, 6.45) is 2.04. The van der Waals surface area contributed by atoms with Crippen molar-refractivity contribution in [1.82, 2.24) is 5.32 Å². The maximum absolute atomic E-state index is 12.4. The molecule has 0 fully saturated rings. The highest BCUT2D eigenvalue weighted by atomic mass is 16.2. The van der Waals surface area contributed by atoms with Gasteiger partial charge >= 0.3 is 0 Å². The van der Waals surface area contributed by atoms with Crippen LogP contribution in [0.2, 0.25) is 0 Å². The number of amides is 1.